The van der Waals surface area contributed by atoms with Gasteiger partial charge in [0.25, 0.3) is 0 Å². The van der Waals surface area contributed by atoms with E-state index in [-0.39, 0.29) is 12.1 Å². The third-order valence-electron chi connectivity index (χ3n) is 4.49. The Kier molecular flexibility index (Phi) is 4.55. The number of anilines is 2. The fourth-order valence-electron chi connectivity index (χ4n) is 3.18. The van der Waals surface area contributed by atoms with Crippen molar-refractivity contribution in [1.82, 2.24) is 14.7 Å². The van der Waals surface area contributed by atoms with E-state index in [1.54, 1.807) is 10.9 Å². The predicted octanol–water partition coefficient (Wildman–Crippen LogP) is 3.59. The standard InChI is InChI=1S/C20H21N5O/c26-20(23-17-8-4-9-19(14-17)25-12-5-11-21-25)24-13-10-18(15-24)22-16-6-2-1-3-7-16/h1-9,11-12,14,18,22H,10,13,15H2,(H,23,26). The molecule has 0 bridgehead atoms. The van der Waals surface area contributed by atoms with Gasteiger partial charge in [-0.2, -0.15) is 5.10 Å². The Labute approximate surface area is 152 Å². The molecule has 1 atom stereocenters. The van der Waals surface area contributed by atoms with Crippen molar-refractivity contribution in [3.63, 3.8) is 0 Å². The van der Waals surface area contributed by atoms with Crippen LogP contribution in [0.1, 0.15) is 6.42 Å². The number of hydrogen-bond donors (Lipinski definition) is 2. The van der Waals surface area contributed by atoms with Gasteiger partial charge in [-0.3, -0.25) is 0 Å². The van der Waals surface area contributed by atoms with Crippen molar-refractivity contribution in [2.45, 2.75) is 12.5 Å². The van der Waals surface area contributed by atoms with Crippen molar-refractivity contribution in [1.29, 1.82) is 0 Å². The lowest BCUT2D eigenvalue weighted by molar-refractivity contribution is 0.222. The summed E-state index contributed by atoms with van der Waals surface area (Å²) in [5.74, 6) is 0. The van der Waals surface area contributed by atoms with Gasteiger partial charge in [0, 0.05) is 42.9 Å². The second kappa shape index (κ2) is 7.31. The van der Waals surface area contributed by atoms with Gasteiger partial charge in [-0.05, 0) is 42.8 Å². The number of carbonyl (C=O) groups is 1. The summed E-state index contributed by atoms with van der Waals surface area (Å²) in [6.45, 7) is 1.44. The van der Waals surface area contributed by atoms with Gasteiger partial charge in [-0.25, -0.2) is 9.48 Å². The van der Waals surface area contributed by atoms with E-state index in [4.69, 9.17) is 0 Å². The smallest absolute Gasteiger partial charge is 0.321 e. The Morgan fingerprint density at radius 3 is 2.69 bits per heavy atom. The lowest BCUT2D eigenvalue weighted by atomic mass is 10.2. The molecule has 2 heterocycles. The maximum absolute atomic E-state index is 12.6. The van der Waals surface area contributed by atoms with Crippen LogP contribution in [0.3, 0.4) is 0 Å². The zero-order valence-corrected chi connectivity index (χ0v) is 14.4. The normalized spacial score (nSPS) is 16.5. The highest BCUT2D eigenvalue weighted by Crippen LogP contribution is 2.18. The minimum Gasteiger partial charge on any atom is -0.380 e. The molecule has 3 aromatic rings. The quantitative estimate of drug-likeness (QED) is 0.758. The Morgan fingerprint density at radius 2 is 1.88 bits per heavy atom. The number of carbonyl (C=O) groups excluding carboxylic acids is 1. The highest BCUT2D eigenvalue weighted by Gasteiger charge is 2.26. The fraction of sp³-hybridized carbons (Fsp3) is 0.200. The van der Waals surface area contributed by atoms with Gasteiger partial charge in [0.05, 0.1) is 5.69 Å². The molecule has 1 aliphatic rings. The van der Waals surface area contributed by atoms with Crippen molar-refractivity contribution < 1.29 is 4.79 Å². The third kappa shape index (κ3) is 3.69. The maximum Gasteiger partial charge on any atom is 0.321 e. The summed E-state index contributed by atoms with van der Waals surface area (Å²) in [6, 6.07) is 19.9. The Morgan fingerprint density at radius 1 is 1.04 bits per heavy atom. The monoisotopic (exact) mass is 347 g/mol. The van der Waals surface area contributed by atoms with Crippen LogP contribution >= 0.6 is 0 Å². The molecular formula is C20H21N5O. The van der Waals surface area contributed by atoms with E-state index in [1.807, 2.05) is 71.8 Å². The number of aromatic nitrogens is 2. The second-order valence-corrected chi connectivity index (χ2v) is 6.37. The summed E-state index contributed by atoms with van der Waals surface area (Å²) in [7, 11) is 0. The molecule has 6 nitrogen and oxygen atoms in total. The molecule has 1 saturated heterocycles. The molecule has 0 radical (unpaired) electrons. The molecule has 0 saturated carbocycles. The number of likely N-dealkylation sites (tertiary alicyclic amines) is 1. The Hall–Kier alpha value is -3.28. The first kappa shape index (κ1) is 16.2. The molecule has 6 heteroatoms. The van der Waals surface area contributed by atoms with Gasteiger partial charge >= 0.3 is 6.03 Å². The van der Waals surface area contributed by atoms with Crippen molar-refractivity contribution in [2.24, 2.45) is 0 Å². The Balaban J connectivity index is 1.36. The number of para-hydroxylation sites is 1. The van der Waals surface area contributed by atoms with Gasteiger partial charge in [0.2, 0.25) is 0 Å². The van der Waals surface area contributed by atoms with E-state index in [1.165, 1.54) is 0 Å². The van der Waals surface area contributed by atoms with E-state index in [0.717, 1.165) is 30.0 Å². The number of benzene rings is 2. The molecule has 1 unspecified atom stereocenters. The number of nitrogens with zero attached hydrogens (tertiary/aromatic N) is 3. The van der Waals surface area contributed by atoms with Gasteiger partial charge in [0.15, 0.2) is 0 Å². The van der Waals surface area contributed by atoms with Crippen LogP contribution in [0.25, 0.3) is 5.69 Å². The number of nitrogens with one attached hydrogen (secondary N) is 2. The molecule has 132 valence electrons. The summed E-state index contributed by atoms with van der Waals surface area (Å²) in [6.07, 6.45) is 4.55. The van der Waals surface area contributed by atoms with E-state index in [9.17, 15) is 4.79 Å². The van der Waals surface area contributed by atoms with E-state index in [2.05, 4.69) is 15.7 Å². The van der Waals surface area contributed by atoms with Gasteiger partial charge in [-0.1, -0.05) is 24.3 Å². The van der Waals surface area contributed by atoms with Gasteiger partial charge in [-0.15, -0.1) is 0 Å². The third-order valence-corrected chi connectivity index (χ3v) is 4.49. The summed E-state index contributed by atoms with van der Waals surface area (Å²) in [5, 5.41) is 10.7. The van der Waals surface area contributed by atoms with E-state index < -0.39 is 0 Å². The van der Waals surface area contributed by atoms with Gasteiger partial charge in [0.1, 0.15) is 0 Å². The van der Waals surface area contributed by atoms with E-state index in [0.29, 0.717) is 6.54 Å². The molecule has 26 heavy (non-hydrogen) atoms. The molecule has 1 aromatic heterocycles. The number of amides is 2. The highest BCUT2D eigenvalue weighted by atomic mass is 16.2. The fourth-order valence-corrected chi connectivity index (χ4v) is 3.18. The van der Waals surface area contributed by atoms with Crippen LogP contribution in [-0.4, -0.2) is 39.8 Å². The molecule has 2 aromatic carbocycles. The predicted molar refractivity (Wildman–Crippen MR) is 103 cm³/mol. The lowest BCUT2D eigenvalue weighted by Gasteiger charge is -2.18. The van der Waals surface area contributed by atoms with Crippen LogP contribution in [0.5, 0.6) is 0 Å². The van der Waals surface area contributed by atoms with Crippen LogP contribution in [-0.2, 0) is 0 Å². The average Bonchev–Trinajstić information content (AvgIpc) is 3.35. The molecular weight excluding hydrogens is 326 g/mol. The first-order valence-corrected chi connectivity index (χ1v) is 8.75. The molecule has 0 spiro atoms. The van der Waals surface area contributed by atoms with Crippen molar-refractivity contribution >= 4 is 17.4 Å². The maximum atomic E-state index is 12.6. The molecule has 1 fully saturated rings. The van der Waals surface area contributed by atoms with Crippen LogP contribution in [0.2, 0.25) is 0 Å². The van der Waals surface area contributed by atoms with Crippen molar-refractivity contribution in [2.75, 3.05) is 23.7 Å². The zero-order valence-electron chi connectivity index (χ0n) is 14.4. The van der Waals surface area contributed by atoms with Gasteiger partial charge < -0.3 is 15.5 Å². The van der Waals surface area contributed by atoms with Crippen LogP contribution in [0.15, 0.2) is 73.1 Å². The highest BCUT2D eigenvalue weighted by molar-refractivity contribution is 5.89. The molecule has 0 aliphatic carbocycles. The molecule has 1 aliphatic heterocycles. The minimum absolute atomic E-state index is 0.0695. The first-order chi connectivity index (χ1) is 12.8. The first-order valence-electron chi connectivity index (χ1n) is 8.75. The SMILES string of the molecule is O=C(Nc1cccc(-n2cccn2)c1)N1CCC(Nc2ccccc2)C1. The number of urea groups is 1. The molecule has 4 rings (SSSR count). The molecule has 2 N–H and O–H groups in total. The van der Waals surface area contributed by atoms with Crippen molar-refractivity contribution in [3.8, 4) is 5.69 Å². The van der Waals surface area contributed by atoms with Crippen LogP contribution < -0.4 is 10.6 Å². The lowest BCUT2D eigenvalue weighted by Crippen LogP contribution is -2.34. The summed E-state index contributed by atoms with van der Waals surface area (Å²) >= 11 is 0. The number of rotatable bonds is 4. The summed E-state index contributed by atoms with van der Waals surface area (Å²) in [4.78, 5) is 14.4. The van der Waals surface area contributed by atoms with Crippen LogP contribution in [0, 0.1) is 0 Å². The topological polar surface area (TPSA) is 62.2 Å². The average molecular weight is 347 g/mol. The Bertz CT molecular complexity index is 863. The summed E-state index contributed by atoms with van der Waals surface area (Å²) in [5.41, 5.74) is 2.77. The summed E-state index contributed by atoms with van der Waals surface area (Å²) < 4.78 is 1.77. The molecule has 2 amide bonds. The van der Waals surface area contributed by atoms with Crippen LogP contribution in [0.4, 0.5) is 16.2 Å². The van der Waals surface area contributed by atoms with Crippen molar-refractivity contribution in [3.05, 3.63) is 73.1 Å². The minimum atomic E-state index is -0.0695. The second-order valence-electron chi connectivity index (χ2n) is 6.37. The largest absolute Gasteiger partial charge is 0.380 e. The zero-order chi connectivity index (χ0) is 17.8. The van der Waals surface area contributed by atoms with E-state index >= 15 is 0 Å². The number of hydrogen-bond acceptors (Lipinski definition) is 3.